The van der Waals surface area contributed by atoms with Crippen molar-refractivity contribution in [3.8, 4) is 5.75 Å². The van der Waals surface area contributed by atoms with Gasteiger partial charge in [0.15, 0.2) is 11.8 Å². The molecule has 184 valence electrons. The van der Waals surface area contributed by atoms with E-state index in [4.69, 9.17) is 25.8 Å². The molecule has 0 amide bonds. The molecule has 5 N–H and O–H groups in total. The quantitative estimate of drug-likeness (QED) is 0.272. The Labute approximate surface area is 217 Å². The molecule has 1 saturated carbocycles. The summed E-state index contributed by atoms with van der Waals surface area (Å²) in [5, 5.41) is 15.2. The molecule has 0 spiro atoms. The summed E-state index contributed by atoms with van der Waals surface area (Å²) in [4.78, 5) is 13.6. The van der Waals surface area contributed by atoms with E-state index in [1.807, 2.05) is 42.5 Å². The standard InChI is InChI=1S/C23H27N7O.3ClH/c1-31-16-7-8-18-17(14-16)22(28-19-4-2-3-5-20(19)29-23(24)25)30-21(27-18)9-6-15-10-12-26-13-11-15;;;/h6-14,19-20H,2-5H2,1H3,(H4,24,25,29)(H,27,28,30);3*1H/b9-6+;;;. The maximum absolute atomic E-state index is 7.64. The van der Waals surface area contributed by atoms with Crippen LogP contribution in [-0.2, 0) is 0 Å². The van der Waals surface area contributed by atoms with Crippen molar-refractivity contribution in [1.82, 2.24) is 20.3 Å². The minimum absolute atomic E-state index is 0. The van der Waals surface area contributed by atoms with Crippen LogP contribution < -0.4 is 21.1 Å². The fourth-order valence-corrected chi connectivity index (χ4v) is 3.93. The first-order valence-corrected chi connectivity index (χ1v) is 10.4. The molecule has 2 heterocycles. The number of benzene rings is 1. The Hall–Kier alpha value is -2.81. The van der Waals surface area contributed by atoms with E-state index in [1.165, 1.54) is 0 Å². The first-order valence-electron chi connectivity index (χ1n) is 10.4. The molecule has 2 atom stereocenters. The molecule has 1 aliphatic carbocycles. The molecule has 0 saturated heterocycles. The molecule has 0 radical (unpaired) electrons. The van der Waals surface area contributed by atoms with Crippen LogP contribution in [0.5, 0.6) is 5.75 Å². The molecule has 1 aromatic carbocycles. The number of aromatic nitrogens is 3. The summed E-state index contributed by atoms with van der Waals surface area (Å²) in [6.45, 7) is 0. The average Bonchev–Trinajstić information content (AvgIpc) is 2.79. The van der Waals surface area contributed by atoms with E-state index in [2.05, 4.69) is 15.6 Å². The molecule has 11 heteroatoms. The van der Waals surface area contributed by atoms with E-state index >= 15 is 0 Å². The minimum atomic E-state index is -0.00566. The normalized spacial score (nSPS) is 17.1. The summed E-state index contributed by atoms with van der Waals surface area (Å²) < 4.78 is 5.42. The number of hydrogen-bond donors (Lipinski definition) is 4. The van der Waals surface area contributed by atoms with E-state index in [0.29, 0.717) is 5.82 Å². The number of fused-ring (bicyclic) bond motifs is 1. The molecule has 8 nitrogen and oxygen atoms in total. The molecular weight excluding hydrogens is 497 g/mol. The van der Waals surface area contributed by atoms with Gasteiger partial charge >= 0.3 is 0 Å². The summed E-state index contributed by atoms with van der Waals surface area (Å²) in [6.07, 6.45) is 11.5. The molecule has 0 bridgehead atoms. The van der Waals surface area contributed by atoms with Crippen LogP contribution in [0.1, 0.15) is 37.1 Å². The third-order valence-corrected chi connectivity index (χ3v) is 5.48. The fraction of sp³-hybridized carbons (Fsp3) is 0.304. The highest BCUT2D eigenvalue weighted by molar-refractivity contribution is 5.91. The van der Waals surface area contributed by atoms with Gasteiger partial charge in [-0.05, 0) is 54.8 Å². The van der Waals surface area contributed by atoms with Gasteiger partial charge in [-0.15, -0.1) is 37.2 Å². The summed E-state index contributed by atoms with van der Waals surface area (Å²) >= 11 is 0. The molecule has 34 heavy (non-hydrogen) atoms. The van der Waals surface area contributed by atoms with Crippen molar-refractivity contribution in [2.45, 2.75) is 37.8 Å². The number of hydrogen-bond acceptors (Lipinski definition) is 6. The van der Waals surface area contributed by atoms with Gasteiger partial charge in [0.25, 0.3) is 0 Å². The molecule has 3 aromatic rings. The van der Waals surface area contributed by atoms with Crippen molar-refractivity contribution in [3.05, 3.63) is 54.1 Å². The predicted molar refractivity (Wildman–Crippen MR) is 146 cm³/mol. The van der Waals surface area contributed by atoms with Gasteiger partial charge in [-0.3, -0.25) is 10.4 Å². The topological polar surface area (TPSA) is 122 Å². The number of anilines is 1. The van der Waals surface area contributed by atoms with Crippen molar-refractivity contribution in [2.75, 3.05) is 12.4 Å². The van der Waals surface area contributed by atoms with Gasteiger partial charge in [-0.1, -0.05) is 18.9 Å². The van der Waals surface area contributed by atoms with E-state index in [9.17, 15) is 0 Å². The lowest BCUT2D eigenvalue weighted by molar-refractivity contribution is 0.377. The summed E-state index contributed by atoms with van der Waals surface area (Å²) in [7, 11) is 1.65. The van der Waals surface area contributed by atoms with Crippen molar-refractivity contribution in [1.29, 1.82) is 5.41 Å². The Morgan fingerprint density at radius 2 is 1.74 bits per heavy atom. The van der Waals surface area contributed by atoms with Crippen LogP contribution >= 0.6 is 37.2 Å². The second-order valence-electron chi connectivity index (χ2n) is 7.63. The van der Waals surface area contributed by atoms with E-state index < -0.39 is 0 Å². The smallest absolute Gasteiger partial charge is 0.185 e. The highest BCUT2D eigenvalue weighted by Gasteiger charge is 2.26. The lowest BCUT2D eigenvalue weighted by Crippen LogP contribution is -2.50. The van der Waals surface area contributed by atoms with Crippen molar-refractivity contribution in [3.63, 3.8) is 0 Å². The van der Waals surface area contributed by atoms with Gasteiger partial charge in [0.1, 0.15) is 11.6 Å². The van der Waals surface area contributed by atoms with Gasteiger partial charge < -0.3 is 21.1 Å². The summed E-state index contributed by atoms with van der Waals surface area (Å²) in [5.41, 5.74) is 7.48. The number of rotatable bonds is 6. The lowest BCUT2D eigenvalue weighted by atomic mass is 9.90. The molecule has 1 fully saturated rings. The summed E-state index contributed by atoms with van der Waals surface area (Å²) in [6, 6.07) is 9.84. The third-order valence-electron chi connectivity index (χ3n) is 5.48. The van der Waals surface area contributed by atoms with E-state index in [1.54, 1.807) is 19.5 Å². The zero-order chi connectivity index (χ0) is 21.6. The second-order valence-corrected chi connectivity index (χ2v) is 7.63. The zero-order valence-corrected chi connectivity index (χ0v) is 21.2. The Bertz CT molecular complexity index is 1100. The minimum Gasteiger partial charge on any atom is -0.497 e. The van der Waals surface area contributed by atoms with Crippen molar-refractivity contribution < 1.29 is 4.74 Å². The zero-order valence-electron chi connectivity index (χ0n) is 18.7. The number of ether oxygens (including phenoxy) is 1. The van der Waals surface area contributed by atoms with Crippen LogP contribution in [0.25, 0.3) is 23.1 Å². The Kier molecular flexibility index (Phi) is 11.9. The third kappa shape index (κ3) is 7.35. The Morgan fingerprint density at radius 1 is 1.03 bits per heavy atom. The number of nitrogens with two attached hydrogens (primary N) is 1. The van der Waals surface area contributed by atoms with Crippen LogP contribution in [0.3, 0.4) is 0 Å². The van der Waals surface area contributed by atoms with E-state index in [-0.39, 0.29) is 55.3 Å². The number of halogens is 3. The number of nitrogens with one attached hydrogen (secondary N) is 3. The molecule has 1 aliphatic rings. The van der Waals surface area contributed by atoms with E-state index in [0.717, 1.165) is 53.7 Å². The van der Waals surface area contributed by atoms with Crippen LogP contribution in [-0.4, -0.2) is 40.1 Å². The number of methoxy groups -OCH3 is 1. The Balaban J connectivity index is 0.00000193. The molecular formula is C23H30Cl3N7O. The van der Waals surface area contributed by atoms with Crippen LogP contribution in [0.2, 0.25) is 0 Å². The average molecular weight is 527 g/mol. The second kappa shape index (κ2) is 13.8. The first kappa shape index (κ1) is 29.2. The van der Waals surface area contributed by atoms with Gasteiger partial charge in [-0.2, -0.15) is 0 Å². The van der Waals surface area contributed by atoms with Crippen LogP contribution in [0.4, 0.5) is 5.82 Å². The maximum Gasteiger partial charge on any atom is 0.185 e. The first-order chi connectivity index (χ1) is 15.1. The van der Waals surface area contributed by atoms with Crippen molar-refractivity contribution >= 4 is 72.1 Å². The molecule has 2 unspecified atom stereocenters. The van der Waals surface area contributed by atoms with Gasteiger partial charge in [0, 0.05) is 29.9 Å². The molecule has 0 aliphatic heterocycles. The molecule has 2 aromatic heterocycles. The largest absolute Gasteiger partial charge is 0.497 e. The van der Waals surface area contributed by atoms with Crippen LogP contribution in [0, 0.1) is 5.41 Å². The fourth-order valence-electron chi connectivity index (χ4n) is 3.93. The number of nitrogens with zero attached hydrogens (tertiary/aromatic N) is 3. The Morgan fingerprint density at radius 3 is 2.41 bits per heavy atom. The number of guanidine groups is 1. The monoisotopic (exact) mass is 525 g/mol. The highest BCUT2D eigenvalue weighted by Crippen LogP contribution is 2.29. The summed E-state index contributed by atoms with van der Waals surface area (Å²) in [5.74, 6) is 2.11. The maximum atomic E-state index is 7.64. The van der Waals surface area contributed by atoms with Crippen LogP contribution in [0.15, 0.2) is 42.7 Å². The highest BCUT2D eigenvalue weighted by atomic mass is 35.5. The van der Waals surface area contributed by atoms with Crippen molar-refractivity contribution in [2.24, 2.45) is 5.73 Å². The van der Waals surface area contributed by atoms with Gasteiger partial charge in [-0.25, -0.2) is 9.97 Å². The molecule has 4 rings (SSSR count). The van der Waals surface area contributed by atoms with Gasteiger partial charge in [0.05, 0.1) is 12.6 Å². The lowest BCUT2D eigenvalue weighted by Gasteiger charge is -2.33. The number of pyridine rings is 1. The predicted octanol–water partition coefficient (Wildman–Crippen LogP) is 4.68. The van der Waals surface area contributed by atoms with Gasteiger partial charge in [0.2, 0.25) is 0 Å². The SMILES string of the molecule is COc1ccc2nc(/C=C/c3ccncc3)nc(NC3CCCCC3NC(=N)N)c2c1.Cl.Cl.Cl.